The Kier molecular flexibility index (Phi) is 4.79. The van der Waals surface area contributed by atoms with Crippen LogP contribution in [0.4, 0.5) is 4.79 Å². The van der Waals surface area contributed by atoms with Gasteiger partial charge >= 0.3 is 6.09 Å². The lowest BCUT2D eigenvalue weighted by Gasteiger charge is -2.43. The lowest BCUT2D eigenvalue weighted by atomic mass is 9.79. The summed E-state index contributed by atoms with van der Waals surface area (Å²) in [6, 6.07) is -0.778. The molecule has 1 aliphatic rings. The average molecular weight is 272 g/mol. The second kappa shape index (κ2) is 5.77. The van der Waals surface area contributed by atoms with E-state index in [1.54, 1.807) is 20.8 Å². The molecule has 0 bridgehead atoms. The quantitative estimate of drug-likeness (QED) is 0.698. The van der Waals surface area contributed by atoms with Crippen LogP contribution in [0.15, 0.2) is 0 Å². The van der Waals surface area contributed by atoms with Gasteiger partial charge < -0.3 is 15.9 Å². The molecule has 0 aliphatic heterocycles. The summed E-state index contributed by atoms with van der Waals surface area (Å²) in [6.45, 7) is 5.22. The number of rotatable bonds is 5. The number of primary amides is 1. The van der Waals surface area contributed by atoms with Gasteiger partial charge in [0.2, 0.25) is 5.91 Å². The summed E-state index contributed by atoms with van der Waals surface area (Å²) in [6.07, 6.45) is 1.02. The largest absolute Gasteiger partial charge is 0.465 e. The van der Waals surface area contributed by atoms with Crippen molar-refractivity contribution < 1.29 is 19.8 Å². The number of amides is 2. The van der Waals surface area contributed by atoms with Crippen molar-refractivity contribution in [2.45, 2.75) is 64.1 Å². The Labute approximate surface area is 113 Å². The van der Waals surface area contributed by atoms with Crippen LogP contribution >= 0.6 is 0 Å². The standard InChI is InChI=1S/C13H24N2O4/c1-13(2,3)15(12(18)19)9(10(16)11(14)17)7-8-5-4-6-8/h8-10,16H,4-7H2,1-3H3,(H2,14,17)(H,18,19)/t9-,10-/m1/s1. The predicted molar refractivity (Wildman–Crippen MR) is 70.6 cm³/mol. The maximum Gasteiger partial charge on any atom is 0.408 e. The van der Waals surface area contributed by atoms with Crippen LogP contribution in [0.5, 0.6) is 0 Å². The molecule has 4 N–H and O–H groups in total. The van der Waals surface area contributed by atoms with Crippen molar-refractivity contribution in [3.63, 3.8) is 0 Å². The van der Waals surface area contributed by atoms with Crippen molar-refractivity contribution in [3.05, 3.63) is 0 Å². The summed E-state index contributed by atoms with van der Waals surface area (Å²) in [5.41, 5.74) is 4.45. The van der Waals surface area contributed by atoms with Crippen LogP contribution in [0.25, 0.3) is 0 Å². The molecule has 0 saturated heterocycles. The number of carboxylic acid groups (broad SMARTS) is 1. The molecule has 0 radical (unpaired) electrons. The van der Waals surface area contributed by atoms with E-state index in [9.17, 15) is 19.8 Å². The fourth-order valence-corrected chi connectivity index (χ4v) is 2.56. The minimum absolute atomic E-state index is 0.364. The highest BCUT2D eigenvalue weighted by Gasteiger charge is 2.41. The van der Waals surface area contributed by atoms with Crippen LogP contribution in [-0.4, -0.2) is 44.8 Å². The third-order valence-electron chi connectivity index (χ3n) is 3.72. The van der Waals surface area contributed by atoms with Gasteiger partial charge in [-0.1, -0.05) is 19.3 Å². The molecule has 0 spiro atoms. The topological polar surface area (TPSA) is 104 Å². The van der Waals surface area contributed by atoms with Crippen molar-refractivity contribution in [2.24, 2.45) is 11.7 Å². The zero-order valence-corrected chi connectivity index (χ0v) is 11.8. The molecule has 1 fully saturated rings. The van der Waals surface area contributed by atoms with Crippen LogP contribution < -0.4 is 5.73 Å². The van der Waals surface area contributed by atoms with E-state index in [4.69, 9.17) is 5.73 Å². The van der Waals surface area contributed by atoms with Crippen LogP contribution in [0, 0.1) is 5.92 Å². The molecule has 1 saturated carbocycles. The first-order chi connectivity index (χ1) is 8.64. The molecule has 110 valence electrons. The van der Waals surface area contributed by atoms with Gasteiger partial charge in [0, 0.05) is 5.54 Å². The highest BCUT2D eigenvalue weighted by Crippen LogP contribution is 2.34. The predicted octanol–water partition coefficient (Wildman–Crippen LogP) is 1.17. The number of hydrogen-bond acceptors (Lipinski definition) is 3. The lowest BCUT2D eigenvalue weighted by molar-refractivity contribution is -0.131. The number of aliphatic hydroxyl groups is 1. The monoisotopic (exact) mass is 272 g/mol. The Morgan fingerprint density at radius 3 is 2.16 bits per heavy atom. The van der Waals surface area contributed by atoms with Crippen molar-refractivity contribution in [1.82, 2.24) is 4.90 Å². The molecule has 0 heterocycles. The van der Waals surface area contributed by atoms with Gasteiger partial charge in [-0.2, -0.15) is 0 Å². The molecule has 6 heteroatoms. The van der Waals surface area contributed by atoms with Crippen LogP contribution in [-0.2, 0) is 4.79 Å². The molecule has 0 aromatic rings. The summed E-state index contributed by atoms with van der Waals surface area (Å²) in [5.74, 6) is -0.511. The van der Waals surface area contributed by atoms with Gasteiger partial charge in [0.25, 0.3) is 0 Å². The first-order valence-corrected chi connectivity index (χ1v) is 6.64. The number of nitrogens with zero attached hydrogens (tertiary/aromatic N) is 1. The maximum absolute atomic E-state index is 11.5. The number of carbonyl (C=O) groups is 2. The second-order valence-electron chi connectivity index (χ2n) is 6.27. The molecule has 1 rings (SSSR count). The van der Waals surface area contributed by atoms with E-state index in [1.807, 2.05) is 0 Å². The Bertz CT molecular complexity index is 347. The van der Waals surface area contributed by atoms with E-state index >= 15 is 0 Å². The molecular formula is C13H24N2O4. The third-order valence-corrected chi connectivity index (χ3v) is 3.72. The normalized spacial score (nSPS) is 19.4. The van der Waals surface area contributed by atoms with Gasteiger partial charge in [-0.25, -0.2) is 4.79 Å². The minimum Gasteiger partial charge on any atom is -0.465 e. The number of carbonyl (C=O) groups excluding carboxylic acids is 1. The summed E-state index contributed by atoms with van der Waals surface area (Å²) in [7, 11) is 0. The first kappa shape index (κ1) is 15.8. The Hall–Kier alpha value is -1.30. The van der Waals surface area contributed by atoms with Gasteiger partial charge in [0.05, 0.1) is 6.04 Å². The number of aliphatic hydroxyl groups excluding tert-OH is 1. The van der Waals surface area contributed by atoms with Crippen molar-refractivity contribution in [1.29, 1.82) is 0 Å². The molecular weight excluding hydrogens is 248 g/mol. The highest BCUT2D eigenvalue weighted by molar-refractivity contribution is 5.80. The SMILES string of the molecule is CC(C)(C)N(C(=O)O)[C@H](CC1CCC1)[C@@H](O)C(N)=O. The van der Waals surface area contributed by atoms with Gasteiger partial charge in [0.15, 0.2) is 6.10 Å². The van der Waals surface area contributed by atoms with E-state index in [-0.39, 0.29) is 0 Å². The fourth-order valence-electron chi connectivity index (χ4n) is 2.56. The molecule has 19 heavy (non-hydrogen) atoms. The molecule has 2 atom stereocenters. The van der Waals surface area contributed by atoms with Gasteiger partial charge in [-0.05, 0) is 33.1 Å². The average Bonchev–Trinajstić information content (AvgIpc) is 2.17. The Morgan fingerprint density at radius 1 is 1.37 bits per heavy atom. The van der Waals surface area contributed by atoms with Crippen molar-refractivity contribution in [3.8, 4) is 0 Å². The number of nitrogens with two attached hydrogens (primary N) is 1. The summed E-state index contributed by atoms with van der Waals surface area (Å²) in [4.78, 5) is 23.9. The lowest BCUT2D eigenvalue weighted by Crippen LogP contribution is -2.58. The van der Waals surface area contributed by atoms with Crippen LogP contribution in [0.3, 0.4) is 0 Å². The van der Waals surface area contributed by atoms with Crippen LogP contribution in [0.1, 0.15) is 46.5 Å². The molecule has 0 aromatic heterocycles. The highest BCUT2D eigenvalue weighted by atomic mass is 16.4. The summed E-state index contributed by atoms with van der Waals surface area (Å²) < 4.78 is 0. The van der Waals surface area contributed by atoms with Gasteiger partial charge in [-0.3, -0.25) is 9.69 Å². The van der Waals surface area contributed by atoms with E-state index < -0.39 is 29.7 Å². The maximum atomic E-state index is 11.5. The summed E-state index contributed by atoms with van der Waals surface area (Å²) in [5, 5.41) is 19.3. The second-order valence-corrected chi connectivity index (χ2v) is 6.27. The molecule has 6 nitrogen and oxygen atoms in total. The molecule has 1 aliphatic carbocycles. The van der Waals surface area contributed by atoms with Gasteiger partial charge in [-0.15, -0.1) is 0 Å². The van der Waals surface area contributed by atoms with E-state index in [1.165, 1.54) is 0 Å². The van der Waals surface area contributed by atoms with E-state index in [0.717, 1.165) is 24.2 Å². The zero-order valence-electron chi connectivity index (χ0n) is 11.8. The third kappa shape index (κ3) is 3.83. The van der Waals surface area contributed by atoms with Crippen LogP contribution in [0.2, 0.25) is 0 Å². The fraction of sp³-hybridized carbons (Fsp3) is 0.846. The Morgan fingerprint density at radius 2 is 1.89 bits per heavy atom. The number of hydrogen-bond donors (Lipinski definition) is 3. The molecule has 2 amide bonds. The smallest absolute Gasteiger partial charge is 0.408 e. The Balaban J connectivity index is 2.96. The van der Waals surface area contributed by atoms with Crippen molar-refractivity contribution >= 4 is 12.0 Å². The molecule has 0 aromatic carbocycles. The van der Waals surface area contributed by atoms with Gasteiger partial charge in [0.1, 0.15) is 0 Å². The van der Waals surface area contributed by atoms with E-state index in [2.05, 4.69) is 0 Å². The minimum atomic E-state index is -1.46. The molecule has 0 unspecified atom stereocenters. The summed E-state index contributed by atoms with van der Waals surface area (Å²) >= 11 is 0. The first-order valence-electron chi connectivity index (χ1n) is 6.64. The zero-order chi connectivity index (χ0) is 14.8. The van der Waals surface area contributed by atoms with E-state index in [0.29, 0.717) is 12.3 Å². The van der Waals surface area contributed by atoms with Crippen molar-refractivity contribution in [2.75, 3.05) is 0 Å².